The number of H-pyrrole nitrogens is 1. The third kappa shape index (κ3) is 6.38. The minimum atomic E-state index is -0.574. The van der Waals surface area contributed by atoms with Crippen LogP contribution in [0, 0.1) is 5.82 Å². The van der Waals surface area contributed by atoms with Gasteiger partial charge in [-0.3, -0.25) is 9.89 Å². The maximum absolute atomic E-state index is 13.5. The maximum Gasteiger partial charge on any atom is 0.410 e. The predicted molar refractivity (Wildman–Crippen MR) is 134 cm³/mol. The van der Waals surface area contributed by atoms with Crippen molar-refractivity contribution >= 4 is 17.8 Å². The van der Waals surface area contributed by atoms with Gasteiger partial charge in [-0.2, -0.15) is 5.10 Å². The summed E-state index contributed by atoms with van der Waals surface area (Å²) in [5.41, 5.74) is 2.09. The highest BCUT2D eigenvalue weighted by atomic mass is 19.1. The Kier molecular flexibility index (Phi) is 7.52. The molecule has 0 saturated carbocycles. The fourth-order valence-corrected chi connectivity index (χ4v) is 3.87. The molecule has 190 valence electrons. The van der Waals surface area contributed by atoms with Crippen LogP contribution in [-0.4, -0.2) is 63.4 Å². The predicted octanol–water partition coefficient (Wildman–Crippen LogP) is 4.00. The van der Waals surface area contributed by atoms with Crippen molar-refractivity contribution < 1.29 is 18.7 Å². The molecule has 0 spiro atoms. The standard InChI is InChI=1S/C26H31FN6O3/c1-26(2,3)36-25(35)33-12-10-20(33)16-29-24(34)21-7-8-22(18-14-30-31-15-18)32-23(21)28-11-9-17-5-4-6-19(27)13-17/h4-8,13-15,20H,9-12,16H2,1-3H3,(H,28,32)(H,29,34)(H,30,31)/t20-/m1/s1. The lowest BCUT2D eigenvalue weighted by molar-refractivity contribution is -0.00488. The number of anilines is 1. The van der Waals surface area contributed by atoms with Crippen LogP contribution in [0.15, 0.2) is 48.8 Å². The van der Waals surface area contributed by atoms with Gasteiger partial charge in [0, 0.05) is 31.4 Å². The topological polar surface area (TPSA) is 112 Å². The first-order valence-corrected chi connectivity index (χ1v) is 12.0. The first-order valence-electron chi connectivity index (χ1n) is 12.0. The van der Waals surface area contributed by atoms with Crippen LogP contribution in [0.4, 0.5) is 15.0 Å². The number of halogens is 1. The van der Waals surface area contributed by atoms with Crippen molar-refractivity contribution in [3.05, 3.63) is 65.7 Å². The minimum absolute atomic E-state index is 0.119. The van der Waals surface area contributed by atoms with Crippen molar-refractivity contribution in [3.8, 4) is 11.3 Å². The molecule has 1 atom stereocenters. The smallest absolute Gasteiger partial charge is 0.410 e. The normalized spacial score (nSPS) is 15.2. The molecule has 3 N–H and O–H groups in total. The van der Waals surface area contributed by atoms with E-state index in [1.54, 1.807) is 35.5 Å². The summed E-state index contributed by atoms with van der Waals surface area (Å²) in [5.74, 6) is -0.171. The number of nitrogens with one attached hydrogen (secondary N) is 3. The third-order valence-corrected chi connectivity index (χ3v) is 5.80. The summed E-state index contributed by atoms with van der Waals surface area (Å²) < 4.78 is 19.0. The average molecular weight is 495 g/mol. The van der Waals surface area contributed by atoms with Crippen molar-refractivity contribution in [1.82, 2.24) is 25.4 Å². The lowest BCUT2D eigenvalue weighted by atomic mass is 10.0. The molecule has 0 radical (unpaired) electrons. The van der Waals surface area contributed by atoms with E-state index in [9.17, 15) is 14.0 Å². The first-order chi connectivity index (χ1) is 17.2. The SMILES string of the molecule is CC(C)(C)OC(=O)N1CC[C@@H]1CNC(=O)c1ccc(-c2cn[nH]c2)nc1NCCc1cccc(F)c1. The number of aromatic nitrogens is 3. The van der Waals surface area contributed by atoms with Gasteiger partial charge in [0.05, 0.1) is 23.5 Å². The van der Waals surface area contributed by atoms with Crippen LogP contribution in [0.3, 0.4) is 0 Å². The van der Waals surface area contributed by atoms with Gasteiger partial charge in [0.25, 0.3) is 5.91 Å². The zero-order chi connectivity index (χ0) is 25.7. The summed E-state index contributed by atoms with van der Waals surface area (Å²) in [6.07, 6.45) is 4.35. The lowest BCUT2D eigenvalue weighted by Crippen LogP contribution is -2.57. The molecule has 36 heavy (non-hydrogen) atoms. The van der Waals surface area contributed by atoms with Crippen LogP contribution < -0.4 is 10.6 Å². The van der Waals surface area contributed by atoms with Gasteiger partial charge in [-0.1, -0.05) is 12.1 Å². The monoisotopic (exact) mass is 494 g/mol. The molecule has 4 rings (SSSR count). The molecule has 3 aromatic rings. The highest BCUT2D eigenvalue weighted by molar-refractivity contribution is 5.99. The molecule has 9 nitrogen and oxygen atoms in total. The molecule has 3 heterocycles. The first kappa shape index (κ1) is 25.2. The highest BCUT2D eigenvalue weighted by Crippen LogP contribution is 2.23. The Morgan fingerprint density at radius 3 is 2.75 bits per heavy atom. The van der Waals surface area contributed by atoms with Gasteiger partial charge >= 0.3 is 6.09 Å². The summed E-state index contributed by atoms with van der Waals surface area (Å²) in [6, 6.07) is 9.76. The second-order valence-corrected chi connectivity index (χ2v) is 9.71. The van der Waals surface area contributed by atoms with E-state index in [-0.39, 0.29) is 23.9 Å². The van der Waals surface area contributed by atoms with Crippen molar-refractivity contribution in [2.45, 2.75) is 45.3 Å². The molecule has 1 aliphatic rings. The quantitative estimate of drug-likeness (QED) is 0.436. The Morgan fingerprint density at radius 1 is 1.25 bits per heavy atom. The summed E-state index contributed by atoms with van der Waals surface area (Å²) >= 11 is 0. The van der Waals surface area contributed by atoms with Crippen molar-refractivity contribution in [2.24, 2.45) is 0 Å². The van der Waals surface area contributed by atoms with Gasteiger partial charge in [-0.25, -0.2) is 14.2 Å². The second-order valence-electron chi connectivity index (χ2n) is 9.71. The number of rotatable bonds is 8. The molecular formula is C26H31FN6O3. The number of pyridine rings is 1. The molecule has 0 aliphatic carbocycles. The van der Waals surface area contributed by atoms with Gasteiger partial charge in [0.15, 0.2) is 0 Å². The summed E-state index contributed by atoms with van der Waals surface area (Å²) in [5, 5.41) is 12.9. The van der Waals surface area contributed by atoms with Gasteiger partial charge in [0.2, 0.25) is 0 Å². The molecule has 10 heteroatoms. The van der Waals surface area contributed by atoms with E-state index in [2.05, 4.69) is 25.8 Å². The number of nitrogens with zero attached hydrogens (tertiary/aromatic N) is 3. The van der Waals surface area contributed by atoms with E-state index in [0.29, 0.717) is 43.1 Å². The van der Waals surface area contributed by atoms with Crippen LogP contribution in [0.25, 0.3) is 11.3 Å². The van der Waals surface area contributed by atoms with Crippen molar-refractivity contribution in [2.75, 3.05) is 25.0 Å². The number of carbonyl (C=O) groups excluding carboxylic acids is 2. The highest BCUT2D eigenvalue weighted by Gasteiger charge is 2.35. The molecule has 1 saturated heterocycles. The summed E-state index contributed by atoms with van der Waals surface area (Å²) in [7, 11) is 0. The second kappa shape index (κ2) is 10.8. The Balaban J connectivity index is 1.43. The van der Waals surface area contributed by atoms with Crippen LogP contribution in [0.2, 0.25) is 0 Å². The lowest BCUT2D eigenvalue weighted by Gasteiger charge is -2.41. The van der Waals surface area contributed by atoms with E-state index in [1.165, 1.54) is 12.1 Å². The van der Waals surface area contributed by atoms with E-state index in [1.807, 2.05) is 26.8 Å². The van der Waals surface area contributed by atoms with Crippen molar-refractivity contribution in [1.29, 1.82) is 0 Å². The zero-order valence-corrected chi connectivity index (χ0v) is 20.7. The molecule has 1 fully saturated rings. The maximum atomic E-state index is 13.5. The molecule has 2 amide bonds. The van der Waals surface area contributed by atoms with E-state index < -0.39 is 5.60 Å². The molecule has 0 bridgehead atoms. The average Bonchev–Trinajstić information content (AvgIpc) is 3.32. The van der Waals surface area contributed by atoms with E-state index in [4.69, 9.17) is 4.74 Å². The third-order valence-electron chi connectivity index (χ3n) is 5.80. The number of ether oxygens (including phenoxy) is 1. The van der Waals surface area contributed by atoms with Crippen LogP contribution in [0.1, 0.15) is 43.1 Å². The number of likely N-dealkylation sites (tertiary alicyclic amines) is 1. The van der Waals surface area contributed by atoms with E-state index in [0.717, 1.165) is 17.5 Å². The largest absolute Gasteiger partial charge is 0.444 e. The van der Waals surface area contributed by atoms with Gasteiger partial charge in [-0.15, -0.1) is 0 Å². The minimum Gasteiger partial charge on any atom is -0.444 e. The van der Waals surface area contributed by atoms with Crippen LogP contribution in [-0.2, 0) is 11.2 Å². The molecule has 2 aromatic heterocycles. The summed E-state index contributed by atoms with van der Waals surface area (Å²) in [6.45, 7) is 6.84. The zero-order valence-electron chi connectivity index (χ0n) is 20.7. The fraction of sp³-hybridized carbons (Fsp3) is 0.385. The Morgan fingerprint density at radius 2 is 2.08 bits per heavy atom. The number of amides is 2. The van der Waals surface area contributed by atoms with Gasteiger partial charge in [0.1, 0.15) is 17.2 Å². The van der Waals surface area contributed by atoms with Crippen molar-refractivity contribution in [3.63, 3.8) is 0 Å². The number of carbonyl (C=O) groups is 2. The number of hydrogen-bond acceptors (Lipinski definition) is 6. The van der Waals surface area contributed by atoms with Gasteiger partial charge in [-0.05, 0) is 63.4 Å². The Labute approximate surface area is 209 Å². The number of benzene rings is 1. The molecule has 0 unspecified atom stereocenters. The van der Waals surface area contributed by atoms with Gasteiger partial charge < -0.3 is 20.3 Å². The Hall–Kier alpha value is -3.95. The Bertz CT molecular complexity index is 1210. The molecule has 1 aliphatic heterocycles. The molecule has 1 aromatic carbocycles. The molecular weight excluding hydrogens is 463 g/mol. The van der Waals surface area contributed by atoms with Crippen LogP contribution >= 0.6 is 0 Å². The number of hydrogen-bond donors (Lipinski definition) is 3. The van der Waals surface area contributed by atoms with Crippen LogP contribution in [0.5, 0.6) is 0 Å². The fourth-order valence-electron chi connectivity index (χ4n) is 3.87. The number of aromatic amines is 1. The summed E-state index contributed by atoms with van der Waals surface area (Å²) in [4.78, 5) is 31.7. The van der Waals surface area contributed by atoms with E-state index >= 15 is 0 Å².